The average molecular weight is 292 g/mol. The van der Waals surface area contributed by atoms with Crippen molar-refractivity contribution in [2.45, 2.75) is 6.92 Å². The van der Waals surface area contributed by atoms with Gasteiger partial charge in [0, 0.05) is 5.02 Å². The maximum atomic E-state index is 11.4. The van der Waals surface area contributed by atoms with Crippen molar-refractivity contribution in [1.29, 1.82) is 0 Å². The Morgan fingerprint density at radius 3 is 2.61 bits per heavy atom. The summed E-state index contributed by atoms with van der Waals surface area (Å²) in [4.78, 5) is 22.3. The van der Waals surface area contributed by atoms with E-state index in [1.807, 2.05) is 5.43 Å². The van der Waals surface area contributed by atoms with E-state index in [2.05, 4.69) is 15.5 Å². The van der Waals surface area contributed by atoms with Gasteiger partial charge < -0.3 is 10.1 Å². The number of urea groups is 1. The molecule has 1 aromatic carbocycles. The standard InChI is InChI=1S/C10H11Cl2N3O3/c1-2-18-10(17)15-14-9(16)13-8-4-3-6(11)5-7(8)12/h3-5H,2H2,1H3,(H,15,17)(H2,13,14,16). The number of rotatable bonds is 2. The second-order valence-electron chi connectivity index (χ2n) is 3.05. The normalized spacial score (nSPS) is 9.50. The molecule has 0 aliphatic rings. The van der Waals surface area contributed by atoms with Gasteiger partial charge in [0.25, 0.3) is 0 Å². The summed E-state index contributed by atoms with van der Waals surface area (Å²) in [5.74, 6) is 0. The molecule has 1 aromatic rings. The highest BCUT2D eigenvalue weighted by Gasteiger charge is 2.07. The van der Waals surface area contributed by atoms with Crippen LogP contribution in [0.5, 0.6) is 0 Å². The molecule has 6 nitrogen and oxygen atoms in total. The van der Waals surface area contributed by atoms with Gasteiger partial charge in [-0.1, -0.05) is 23.2 Å². The van der Waals surface area contributed by atoms with E-state index < -0.39 is 12.1 Å². The highest BCUT2D eigenvalue weighted by atomic mass is 35.5. The molecule has 0 unspecified atom stereocenters. The molecular formula is C10H11Cl2N3O3. The first-order chi connectivity index (χ1) is 8.52. The third-order valence-electron chi connectivity index (χ3n) is 1.73. The zero-order valence-corrected chi connectivity index (χ0v) is 10.9. The third kappa shape index (κ3) is 4.68. The molecule has 18 heavy (non-hydrogen) atoms. The second-order valence-corrected chi connectivity index (χ2v) is 3.89. The fraction of sp³-hybridized carbons (Fsp3) is 0.200. The molecule has 3 N–H and O–H groups in total. The number of carbonyl (C=O) groups is 2. The van der Waals surface area contributed by atoms with Gasteiger partial charge in [-0.25, -0.2) is 20.4 Å². The first-order valence-electron chi connectivity index (χ1n) is 4.97. The van der Waals surface area contributed by atoms with Crippen molar-refractivity contribution in [3.05, 3.63) is 28.2 Å². The van der Waals surface area contributed by atoms with Crippen LogP contribution in [-0.2, 0) is 4.74 Å². The monoisotopic (exact) mass is 291 g/mol. The summed E-state index contributed by atoms with van der Waals surface area (Å²) in [6.45, 7) is 1.85. The van der Waals surface area contributed by atoms with Crippen LogP contribution in [0.2, 0.25) is 10.0 Å². The van der Waals surface area contributed by atoms with E-state index in [4.69, 9.17) is 23.2 Å². The maximum Gasteiger partial charge on any atom is 0.426 e. The quantitative estimate of drug-likeness (QED) is 0.733. The maximum absolute atomic E-state index is 11.4. The molecular weight excluding hydrogens is 281 g/mol. The van der Waals surface area contributed by atoms with Gasteiger partial charge in [-0.15, -0.1) is 0 Å². The van der Waals surface area contributed by atoms with E-state index in [0.717, 1.165) is 0 Å². The summed E-state index contributed by atoms with van der Waals surface area (Å²) in [6.07, 6.45) is -0.755. The van der Waals surface area contributed by atoms with Crippen molar-refractivity contribution >= 4 is 41.0 Å². The molecule has 0 heterocycles. The zero-order chi connectivity index (χ0) is 13.5. The lowest BCUT2D eigenvalue weighted by Crippen LogP contribution is -2.44. The zero-order valence-electron chi connectivity index (χ0n) is 9.42. The number of nitrogens with one attached hydrogen (secondary N) is 3. The molecule has 0 saturated carbocycles. The first kappa shape index (κ1) is 14.4. The van der Waals surface area contributed by atoms with E-state index in [1.54, 1.807) is 13.0 Å². The number of benzene rings is 1. The lowest BCUT2D eigenvalue weighted by molar-refractivity contribution is 0.148. The van der Waals surface area contributed by atoms with Gasteiger partial charge in [-0.05, 0) is 25.1 Å². The molecule has 98 valence electrons. The lowest BCUT2D eigenvalue weighted by atomic mass is 10.3. The van der Waals surface area contributed by atoms with E-state index in [-0.39, 0.29) is 11.6 Å². The average Bonchev–Trinajstić information content (AvgIpc) is 2.31. The van der Waals surface area contributed by atoms with Gasteiger partial charge in [0.2, 0.25) is 0 Å². The topological polar surface area (TPSA) is 79.5 Å². The Morgan fingerprint density at radius 2 is 2.00 bits per heavy atom. The van der Waals surface area contributed by atoms with Crippen LogP contribution < -0.4 is 16.2 Å². The van der Waals surface area contributed by atoms with Crippen LogP contribution in [0.3, 0.4) is 0 Å². The van der Waals surface area contributed by atoms with Crippen LogP contribution in [-0.4, -0.2) is 18.7 Å². The molecule has 8 heteroatoms. The minimum atomic E-state index is -0.755. The van der Waals surface area contributed by atoms with Gasteiger partial charge in [-0.3, -0.25) is 0 Å². The van der Waals surface area contributed by atoms with Gasteiger partial charge in [-0.2, -0.15) is 0 Å². The van der Waals surface area contributed by atoms with Crippen molar-refractivity contribution in [1.82, 2.24) is 10.9 Å². The molecule has 0 fully saturated rings. The molecule has 0 radical (unpaired) electrons. The van der Waals surface area contributed by atoms with Gasteiger partial charge >= 0.3 is 12.1 Å². The number of hydrogen-bond donors (Lipinski definition) is 3. The predicted octanol–water partition coefficient (Wildman–Crippen LogP) is 2.78. The predicted molar refractivity (Wildman–Crippen MR) is 68.8 cm³/mol. The number of hydrazine groups is 1. The summed E-state index contributed by atoms with van der Waals surface area (Å²) in [6, 6.07) is 3.93. The first-order valence-corrected chi connectivity index (χ1v) is 5.73. The van der Waals surface area contributed by atoms with Gasteiger partial charge in [0.15, 0.2) is 0 Å². The van der Waals surface area contributed by atoms with Crippen molar-refractivity contribution in [2.75, 3.05) is 11.9 Å². The molecule has 0 spiro atoms. The number of amides is 3. The third-order valence-corrected chi connectivity index (χ3v) is 2.28. The largest absolute Gasteiger partial charge is 0.449 e. The number of halogens is 2. The van der Waals surface area contributed by atoms with Crippen LogP contribution in [0.25, 0.3) is 0 Å². The van der Waals surface area contributed by atoms with Gasteiger partial charge in [0.1, 0.15) is 0 Å². The van der Waals surface area contributed by atoms with Crippen molar-refractivity contribution < 1.29 is 14.3 Å². The molecule has 0 aliphatic heterocycles. The van der Waals surface area contributed by atoms with Gasteiger partial charge in [0.05, 0.1) is 17.3 Å². The van der Waals surface area contributed by atoms with E-state index in [9.17, 15) is 9.59 Å². The van der Waals surface area contributed by atoms with E-state index in [1.165, 1.54) is 12.1 Å². The second kappa shape index (κ2) is 6.93. The minimum absolute atomic E-state index is 0.206. The van der Waals surface area contributed by atoms with Crippen LogP contribution in [0, 0.1) is 0 Å². The fourth-order valence-electron chi connectivity index (χ4n) is 1.02. The van der Waals surface area contributed by atoms with Crippen LogP contribution in [0.4, 0.5) is 15.3 Å². The van der Waals surface area contributed by atoms with E-state index >= 15 is 0 Å². The summed E-state index contributed by atoms with van der Waals surface area (Å²) in [7, 11) is 0. The van der Waals surface area contributed by atoms with Crippen molar-refractivity contribution in [3.8, 4) is 0 Å². The molecule has 1 rings (SSSR count). The summed E-state index contributed by atoms with van der Waals surface area (Å²) in [5, 5.41) is 3.16. The van der Waals surface area contributed by atoms with Crippen molar-refractivity contribution in [2.24, 2.45) is 0 Å². The summed E-state index contributed by atoms with van der Waals surface area (Å²) < 4.78 is 4.55. The number of hydrogen-bond acceptors (Lipinski definition) is 3. The summed E-state index contributed by atoms with van der Waals surface area (Å²) in [5.41, 5.74) is 4.50. The SMILES string of the molecule is CCOC(=O)NNC(=O)Nc1ccc(Cl)cc1Cl. The highest BCUT2D eigenvalue weighted by Crippen LogP contribution is 2.24. The lowest BCUT2D eigenvalue weighted by Gasteiger charge is -2.09. The molecule has 0 aromatic heterocycles. The Morgan fingerprint density at radius 1 is 1.28 bits per heavy atom. The van der Waals surface area contributed by atoms with Crippen LogP contribution in [0.1, 0.15) is 6.92 Å². The molecule has 0 atom stereocenters. The van der Waals surface area contributed by atoms with E-state index in [0.29, 0.717) is 10.7 Å². The Balaban J connectivity index is 2.47. The fourth-order valence-corrected chi connectivity index (χ4v) is 1.48. The Bertz CT molecular complexity index is 454. The Labute approximate surface area is 114 Å². The number of ether oxygens (including phenoxy) is 1. The number of anilines is 1. The minimum Gasteiger partial charge on any atom is -0.449 e. The Kier molecular flexibility index (Phi) is 5.54. The molecule has 3 amide bonds. The molecule has 0 bridgehead atoms. The molecule has 0 saturated heterocycles. The van der Waals surface area contributed by atoms with Crippen LogP contribution in [0.15, 0.2) is 18.2 Å². The number of carbonyl (C=O) groups excluding carboxylic acids is 2. The smallest absolute Gasteiger partial charge is 0.426 e. The Hall–Kier alpha value is -1.66. The van der Waals surface area contributed by atoms with Crippen molar-refractivity contribution in [3.63, 3.8) is 0 Å². The molecule has 0 aliphatic carbocycles. The summed E-state index contributed by atoms with van der Waals surface area (Å²) >= 11 is 11.6. The van der Waals surface area contributed by atoms with Crippen LogP contribution >= 0.6 is 23.2 Å². The highest BCUT2D eigenvalue weighted by molar-refractivity contribution is 6.36.